The second kappa shape index (κ2) is 7.45. The van der Waals surface area contributed by atoms with Crippen molar-refractivity contribution < 1.29 is 13.9 Å². The highest BCUT2D eigenvalue weighted by Crippen LogP contribution is 2.22. The van der Waals surface area contributed by atoms with Gasteiger partial charge in [0, 0.05) is 19.1 Å². The van der Waals surface area contributed by atoms with Crippen molar-refractivity contribution in [2.45, 2.75) is 31.9 Å². The van der Waals surface area contributed by atoms with Crippen molar-refractivity contribution in [2.75, 3.05) is 26.2 Å². The van der Waals surface area contributed by atoms with Gasteiger partial charge in [-0.15, -0.1) is 0 Å². The fourth-order valence-corrected chi connectivity index (χ4v) is 3.56. The number of hydrogen-bond donors (Lipinski definition) is 1. The van der Waals surface area contributed by atoms with Crippen LogP contribution in [0.2, 0.25) is 0 Å². The molecule has 0 unspecified atom stereocenters. The number of carbonyl (C=O) groups excluding carboxylic acids is 1. The Morgan fingerprint density at radius 2 is 2.00 bits per heavy atom. The van der Waals surface area contributed by atoms with Gasteiger partial charge < -0.3 is 9.64 Å². The molecule has 1 N–H and O–H groups in total. The maximum atomic E-state index is 13.6. The zero-order chi connectivity index (χ0) is 17.9. The number of likely N-dealkylation sites (tertiary alicyclic amines) is 2. The van der Waals surface area contributed by atoms with Crippen molar-refractivity contribution in [2.24, 2.45) is 0 Å². The van der Waals surface area contributed by atoms with Crippen LogP contribution in [0.15, 0.2) is 30.3 Å². The van der Waals surface area contributed by atoms with Crippen LogP contribution >= 0.6 is 0 Å². The molecule has 138 valence electrons. The van der Waals surface area contributed by atoms with E-state index in [1.807, 2.05) is 4.90 Å². The first-order valence-corrected chi connectivity index (χ1v) is 9.15. The van der Waals surface area contributed by atoms with Gasteiger partial charge in [0.2, 0.25) is 0 Å². The molecule has 2 aliphatic rings. The van der Waals surface area contributed by atoms with Crippen molar-refractivity contribution >= 4 is 5.91 Å². The van der Waals surface area contributed by atoms with Crippen LogP contribution in [0, 0.1) is 5.82 Å². The molecule has 1 amide bonds. The summed E-state index contributed by atoms with van der Waals surface area (Å²) in [6.45, 7) is 3.97. The molecule has 0 spiro atoms. The summed E-state index contributed by atoms with van der Waals surface area (Å²) in [5, 5.41) is 6.89. The quantitative estimate of drug-likeness (QED) is 0.892. The van der Waals surface area contributed by atoms with E-state index in [9.17, 15) is 9.18 Å². The molecule has 2 fully saturated rings. The van der Waals surface area contributed by atoms with E-state index in [-0.39, 0.29) is 18.3 Å². The molecular weight excluding hydrogens is 335 g/mol. The second-order valence-electron chi connectivity index (χ2n) is 6.96. The molecule has 0 atom stereocenters. The van der Waals surface area contributed by atoms with Crippen molar-refractivity contribution in [1.29, 1.82) is 0 Å². The molecule has 0 radical (unpaired) electrons. The van der Waals surface area contributed by atoms with Crippen LogP contribution in [0.4, 0.5) is 4.39 Å². The number of H-pyrrole nitrogens is 1. The lowest BCUT2D eigenvalue weighted by molar-refractivity contribution is 0.0199. The summed E-state index contributed by atoms with van der Waals surface area (Å²) < 4.78 is 19.0. The van der Waals surface area contributed by atoms with Gasteiger partial charge in [-0.1, -0.05) is 18.6 Å². The highest BCUT2D eigenvalue weighted by molar-refractivity contribution is 5.93. The minimum absolute atomic E-state index is 0.0633. The zero-order valence-electron chi connectivity index (χ0n) is 14.7. The molecule has 7 heteroatoms. The van der Waals surface area contributed by atoms with E-state index in [1.165, 1.54) is 25.3 Å². The SMILES string of the molecule is O=C(c1cc(COc2ccccc2F)[nH]n1)N1CC(N2CCCCC2)C1. The number of amides is 1. The van der Waals surface area contributed by atoms with Crippen LogP contribution in [-0.2, 0) is 6.61 Å². The molecule has 0 saturated carbocycles. The topological polar surface area (TPSA) is 61.5 Å². The van der Waals surface area contributed by atoms with Crippen LogP contribution in [0.5, 0.6) is 5.75 Å². The molecule has 1 aromatic carbocycles. The Labute approximate surface area is 151 Å². The van der Waals surface area contributed by atoms with Crippen molar-refractivity contribution in [1.82, 2.24) is 20.0 Å². The average Bonchev–Trinajstić information content (AvgIpc) is 3.10. The number of ether oxygens (including phenoxy) is 1. The number of nitrogens with zero attached hydrogens (tertiary/aromatic N) is 3. The van der Waals surface area contributed by atoms with Gasteiger partial charge in [-0.05, 0) is 44.1 Å². The van der Waals surface area contributed by atoms with Gasteiger partial charge in [-0.25, -0.2) is 4.39 Å². The van der Waals surface area contributed by atoms with Gasteiger partial charge in [0.15, 0.2) is 17.3 Å². The zero-order valence-corrected chi connectivity index (χ0v) is 14.7. The number of benzene rings is 1. The number of aromatic amines is 1. The van der Waals surface area contributed by atoms with Crippen molar-refractivity contribution in [3.05, 3.63) is 47.5 Å². The Bertz CT molecular complexity index is 766. The molecule has 2 aromatic rings. The standard InChI is InChI=1S/C19H23FN4O2/c20-16-6-2-3-7-18(16)26-13-14-10-17(22-21-14)19(25)24-11-15(12-24)23-8-4-1-5-9-23/h2-3,6-7,10,15H,1,4-5,8-9,11-13H2,(H,21,22). The lowest BCUT2D eigenvalue weighted by Crippen LogP contribution is -2.61. The predicted octanol–water partition coefficient (Wildman–Crippen LogP) is 2.44. The Morgan fingerprint density at radius 3 is 2.77 bits per heavy atom. The third kappa shape index (κ3) is 3.58. The number of piperidine rings is 1. The molecule has 0 aliphatic carbocycles. The molecule has 2 aliphatic heterocycles. The first kappa shape index (κ1) is 17.0. The minimum atomic E-state index is -0.410. The van der Waals surface area contributed by atoms with E-state index < -0.39 is 5.82 Å². The van der Waals surface area contributed by atoms with Gasteiger partial charge in [-0.3, -0.25) is 14.8 Å². The molecule has 2 saturated heterocycles. The van der Waals surface area contributed by atoms with Crippen molar-refractivity contribution in [3.8, 4) is 5.75 Å². The Kier molecular flexibility index (Phi) is 4.88. The van der Waals surface area contributed by atoms with Gasteiger partial charge in [0.05, 0.1) is 5.69 Å². The largest absolute Gasteiger partial charge is 0.484 e. The monoisotopic (exact) mass is 358 g/mol. The van der Waals surface area contributed by atoms with Crippen LogP contribution in [0.25, 0.3) is 0 Å². The summed E-state index contributed by atoms with van der Waals surface area (Å²) in [6.07, 6.45) is 3.83. The normalized spacial score (nSPS) is 18.6. The summed E-state index contributed by atoms with van der Waals surface area (Å²) in [6, 6.07) is 8.40. The van der Waals surface area contributed by atoms with Crippen molar-refractivity contribution in [3.63, 3.8) is 0 Å². The molecular formula is C19H23FN4O2. The number of carbonyl (C=O) groups is 1. The van der Waals surface area contributed by atoms with Gasteiger partial charge in [0.25, 0.3) is 5.91 Å². The van der Waals surface area contributed by atoms with Crippen LogP contribution in [-0.4, -0.2) is 58.1 Å². The Hall–Kier alpha value is -2.41. The number of rotatable bonds is 5. The molecule has 26 heavy (non-hydrogen) atoms. The third-order valence-corrected chi connectivity index (χ3v) is 5.13. The van der Waals surface area contributed by atoms with Crippen LogP contribution in [0.1, 0.15) is 35.4 Å². The highest BCUT2D eigenvalue weighted by atomic mass is 19.1. The third-order valence-electron chi connectivity index (χ3n) is 5.13. The summed E-state index contributed by atoms with van der Waals surface area (Å²) in [7, 11) is 0. The number of aromatic nitrogens is 2. The molecule has 3 heterocycles. The van der Waals surface area contributed by atoms with Crippen LogP contribution in [0.3, 0.4) is 0 Å². The van der Waals surface area contributed by atoms with Gasteiger partial charge >= 0.3 is 0 Å². The maximum Gasteiger partial charge on any atom is 0.274 e. The summed E-state index contributed by atoms with van der Waals surface area (Å²) in [5.41, 5.74) is 1.03. The number of halogens is 1. The first-order chi connectivity index (χ1) is 12.7. The molecule has 4 rings (SSSR count). The molecule has 0 bridgehead atoms. The van der Waals surface area contributed by atoms with E-state index in [2.05, 4.69) is 15.1 Å². The minimum Gasteiger partial charge on any atom is -0.484 e. The Balaban J connectivity index is 1.29. The second-order valence-corrected chi connectivity index (χ2v) is 6.96. The molecule has 6 nitrogen and oxygen atoms in total. The lowest BCUT2D eigenvalue weighted by Gasteiger charge is -2.46. The predicted molar refractivity (Wildman–Crippen MR) is 94.4 cm³/mol. The maximum absolute atomic E-state index is 13.6. The van der Waals surface area contributed by atoms with Gasteiger partial charge in [-0.2, -0.15) is 5.10 Å². The Morgan fingerprint density at radius 1 is 1.23 bits per heavy atom. The van der Waals surface area contributed by atoms with E-state index in [0.717, 1.165) is 26.2 Å². The first-order valence-electron chi connectivity index (χ1n) is 9.15. The van der Waals surface area contributed by atoms with Crippen LogP contribution < -0.4 is 4.74 Å². The number of para-hydroxylation sites is 1. The van der Waals surface area contributed by atoms with Gasteiger partial charge in [0.1, 0.15) is 6.61 Å². The average molecular weight is 358 g/mol. The fourth-order valence-electron chi connectivity index (χ4n) is 3.56. The van der Waals surface area contributed by atoms with E-state index in [1.54, 1.807) is 24.3 Å². The van der Waals surface area contributed by atoms with E-state index >= 15 is 0 Å². The van der Waals surface area contributed by atoms with E-state index in [0.29, 0.717) is 17.4 Å². The highest BCUT2D eigenvalue weighted by Gasteiger charge is 2.36. The summed E-state index contributed by atoms with van der Waals surface area (Å²) in [4.78, 5) is 16.8. The number of hydrogen-bond acceptors (Lipinski definition) is 4. The lowest BCUT2D eigenvalue weighted by atomic mass is 10.0. The summed E-state index contributed by atoms with van der Waals surface area (Å²) in [5.74, 6) is -0.290. The molecule has 1 aromatic heterocycles. The fraction of sp³-hybridized carbons (Fsp3) is 0.474. The number of nitrogens with one attached hydrogen (secondary N) is 1. The van der Waals surface area contributed by atoms with E-state index in [4.69, 9.17) is 4.74 Å². The smallest absolute Gasteiger partial charge is 0.274 e. The summed E-state index contributed by atoms with van der Waals surface area (Å²) >= 11 is 0.